The summed E-state index contributed by atoms with van der Waals surface area (Å²) in [5.74, 6) is 1.50. The lowest BCUT2D eigenvalue weighted by molar-refractivity contribution is 0.452. The fourth-order valence-electron chi connectivity index (χ4n) is 1.67. The number of hydrogen-bond acceptors (Lipinski definition) is 3. The first-order valence-electron chi connectivity index (χ1n) is 6.06. The van der Waals surface area contributed by atoms with Gasteiger partial charge in [-0.1, -0.05) is 6.92 Å². The van der Waals surface area contributed by atoms with Crippen LogP contribution >= 0.6 is 15.9 Å². The summed E-state index contributed by atoms with van der Waals surface area (Å²) in [5.41, 5.74) is 0.728. The summed E-state index contributed by atoms with van der Waals surface area (Å²) >= 11 is 3.34. The van der Waals surface area contributed by atoms with Gasteiger partial charge in [0.05, 0.1) is 0 Å². The first-order valence-corrected chi connectivity index (χ1v) is 6.85. The lowest BCUT2D eigenvalue weighted by Crippen LogP contribution is -1.98. The third-order valence-electron chi connectivity index (χ3n) is 2.54. The molecule has 5 heteroatoms. The molecule has 1 aromatic carbocycles. The normalized spacial score (nSPS) is 10.5. The number of aryl methyl sites for hydroxylation is 2. The maximum Gasteiger partial charge on any atom is 0.223 e. The number of hydrogen-bond donors (Lipinski definition) is 0. The molecule has 0 aliphatic heterocycles. The fourth-order valence-corrected chi connectivity index (χ4v) is 2.07. The molecule has 0 saturated carbocycles. The van der Waals surface area contributed by atoms with Gasteiger partial charge in [-0.3, -0.25) is 0 Å². The van der Waals surface area contributed by atoms with Crippen molar-refractivity contribution in [1.82, 2.24) is 9.97 Å². The molecule has 19 heavy (non-hydrogen) atoms. The minimum absolute atomic E-state index is 0.277. The zero-order chi connectivity index (χ0) is 13.8. The van der Waals surface area contributed by atoms with Crippen LogP contribution in [0.3, 0.4) is 0 Å². The smallest absolute Gasteiger partial charge is 0.223 e. The number of rotatable bonds is 4. The van der Waals surface area contributed by atoms with Crippen LogP contribution in [0.2, 0.25) is 0 Å². The van der Waals surface area contributed by atoms with E-state index in [-0.39, 0.29) is 5.82 Å². The van der Waals surface area contributed by atoms with Crippen molar-refractivity contribution in [1.29, 1.82) is 0 Å². The number of ether oxygens (including phenoxy) is 1. The first-order chi connectivity index (χ1) is 9.08. The van der Waals surface area contributed by atoms with Gasteiger partial charge in [0.2, 0.25) is 5.88 Å². The molecule has 0 bridgehead atoms. The number of aromatic nitrogens is 2. The highest BCUT2D eigenvalue weighted by Crippen LogP contribution is 2.25. The van der Waals surface area contributed by atoms with Crippen LogP contribution in [0.1, 0.15) is 24.7 Å². The second-order valence-electron chi connectivity index (χ2n) is 4.21. The molecule has 0 saturated heterocycles. The summed E-state index contributed by atoms with van der Waals surface area (Å²) in [4.78, 5) is 8.59. The lowest BCUT2D eigenvalue weighted by Gasteiger charge is -2.09. The first kappa shape index (κ1) is 13.9. The summed E-state index contributed by atoms with van der Waals surface area (Å²) < 4.78 is 19.4. The predicted molar refractivity (Wildman–Crippen MR) is 74.9 cm³/mol. The Bertz CT molecular complexity index is 590. The van der Waals surface area contributed by atoms with E-state index in [1.165, 1.54) is 12.1 Å². The molecule has 1 aromatic heterocycles. The van der Waals surface area contributed by atoms with Crippen molar-refractivity contribution in [2.75, 3.05) is 0 Å². The SMILES string of the molecule is CCCc1nc(Br)cc(Oc2ccc(F)cc2C)n1. The molecule has 3 nitrogen and oxygen atoms in total. The maximum atomic E-state index is 13.0. The van der Waals surface area contributed by atoms with E-state index in [4.69, 9.17) is 4.74 Å². The average Bonchev–Trinajstić information content (AvgIpc) is 2.32. The van der Waals surface area contributed by atoms with E-state index in [1.807, 2.05) is 0 Å². The molecule has 0 fully saturated rings. The molecule has 0 unspecified atom stereocenters. The summed E-state index contributed by atoms with van der Waals surface area (Å²) in [6.07, 6.45) is 1.75. The fraction of sp³-hybridized carbons (Fsp3) is 0.286. The zero-order valence-corrected chi connectivity index (χ0v) is 12.4. The van der Waals surface area contributed by atoms with Crippen LogP contribution in [0.5, 0.6) is 11.6 Å². The average molecular weight is 325 g/mol. The van der Waals surface area contributed by atoms with Crippen molar-refractivity contribution in [3.8, 4) is 11.6 Å². The van der Waals surface area contributed by atoms with Crippen molar-refractivity contribution in [2.45, 2.75) is 26.7 Å². The molecule has 0 aliphatic rings. The van der Waals surface area contributed by atoms with E-state index in [9.17, 15) is 4.39 Å². The second-order valence-corrected chi connectivity index (χ2v) is 5.02. The second kappa shape index (κ2) is 6.10. The van der Waals surface area contributed by atoms with Gasteiger partial charge in [0, 0.05) is 12.5 Å². The Balaban J connectivity index is 2.27. The van der Waals surface area contributed by atoms with Crippen LogP contribution in [0.15, 0.2) is 28.9 Å². The molecule has 0 amide bonds. The Kier molecular flexibility index (Phi) is 4.47. The van der Waals surface area contributed by atoms with E-state index < -0.39 is 0 Å². The molecule has 0 aliphatic carbocycles. The van der Waals surface area contributed by atoms with Crippen LogP contribution < -0.4 is 4.74 Å². The monoisotopic (exact) mass is 324 g/mol. The lowest BCUT2D eigenvalue weighted by atomic mass is 10.2. The van der Waals surface area contributed by atoms with E-state index in [0.717, 1.165) is 24.2 Å². The van der Waals surface area contributed by atoms with Gasteiger partial charge < -0.3 is 4.74 Å². The molecule has 0 radical (unpaired) electrons. The Labute approximate surface area is 120 Å². The van der Waals surface area contributed by atoms with E-state index in [2.05, 4.69) is 32.8 Å². The van der Waals surface area contributed by atoms with Crippen molar-refractivity contribution in [3.05, 3.63) is 46.1 Å². The molecule has 0 N–H and O–H groups in total. The third kappa shape index (κ3) is 3.73. The van der Waals surface area contributed by atoms with Gasteiger partial charge in [0.1, 0.15) is 22.0 Å². The van der Waals surface area contributed by atoms with Crippen LogP contribution in [-0.4, -0.2) is 9.97 Å². The standard InChI is InChI=1S/C14H14BrFN2O/c1-3-4-13-17-12(15)8-14(18-13)19-11-6-5-10(16)7-9(11)2/h5-8H,3-4H2,1-2H3. The van der Waals surface area contributed by atoms with Crippen LogP contribution in [-0.2, 0) is 6.42 Å². The van der Waals surface area contributed by atoms with Gasteiger partial charge in [-0.2, -0.15) is 4.98 Å². The summed E-state index contributed by atoms with van der Waals surface area (Å²) in [6, 6.07) is 6.09. The van der Waals surface area contributed by atoms with E-state index >= 15 is 0 Å². The molecule has 2 rings (SSSR count). The van der Waals surface area contributed by atoms with Crippen LogP contribution in [0, 0.1) is 12.7 Å². The van der Waals surface area contributed by atoms with Crippen molar-refractivity contribution in [2.24, 2.45) is 0 Å². The Hall–Kier alpha value is -1.49. The van der Waals surface area contributed by atoms with Gasteiger partial charge in [0.25, 0.3) is 0 Å². The van der Waals surface area contributed by atoms with Gasteiger partial charge in [0.15, 0.2) is 0 Å². The summed E-state index contributed by atoms with van der Waals surface area (Å²) in [5, 5.41) is 0. The molecular weight excluding hydrogens is 311 g/mol. The van der Waals surface area contributed by atoms with Gasteiger partial charge in [-0.15, -0.1) is 0 Å². The third-order valence-corrected chi connectivity index (χ3v) is 2.95. The van der Waals surface area contributed by atoms with E-state index in [0.29, 0.717) is 16.2 Å². The quantitative estimate of drug-likeness (QED) is 0.780. The molecule has 1 heterocycles. The predicted octanol–water partition coefficient (Wildman–Crippen LogP) is 4.43. The Morgan fingerprint density at radius 3 is 2.74 bits per heavy atom. The highest BCUT2D eigenvalue weighted by atomic mass is 79.9. The Morgan fingerprint density at radius 1 is 1.26 bits per heavy atom. The number of benzene rings is 1. The molecule has 0 atom stereocenters. The molecular formula is C14H14BrFN2O. The number of nitrogens with zero attached hydrogens (tertiary/aromatic N) is 2. The summed E-state index contributed by atoms with van der Waals surface area (Å²) in [6.45, 7) is 3.86. The van der Waals surface area contributed by atoms with Gasteiger partial charge in [-0.05, 0) is 53.0 Å². The highest BCUT2D eigenvalue weighted by Gasteiger charge is 2.07. The topological polar surface area (TPSA) is 35.0 Å². The minimum atomic E-state index is -0.277. The van der Waals surface area contributed by atoms with Crippen LogP contribution in [0.25, 0.3) is 0 Å². The zero-order valence-electron chi connectivity index (χ0n) is 10.8. The maximum absolute atomic E-state index is 13.0. The van der Waals surface area contributed by atoms with Crippen molar-refractivity contribution < 1.29 is 9.13 Å². The van der Waals surface area contributed by atoms with Crippen LogP contribution in [0.4, 0.5) is 4.39 Å². The highest BCUT2D eigenvalue weighted by molar-refractivity contribution is 9.10. The molecule has 2 aromatic rings. The van der Waals surface area contributed by atoms with Gasteiger partial charge in [-0.25, -0.2) is 9.37 Å². The summed E-state index contributed by atoms with van der Waals surface area (Å²) in [7, 11) is 0. The van der Waals surface area contributed by atoms with E-state index in [1.54, 1.807) is 19.1 Å². The number of halogens is 2. The molecule has 100 valence electrons. The van der Waals surface area contributed by atoms with Gasteiger partial charge >= 0.3 is 0 Å². The largest absolute Gasteiger partial charge is 0.439 e. The van der Waals surface area contributed by atoms with Crippen molar-refractivity contribution in [3.63, 3.8) is 0 Å². The Morgan fingerprint density at radius 2 is 2.05 bits per heavy atom. The van der Waals surface area contributed by atoms with Crippen molar-refractivity contribution >= 4 is 15.9 Å². The minimum Gasteiger partial charge on any atom is -0.439 e. The molecule has 0 spiro atoms.